The first-order valence-corrected chi connectivity index (χ1v) is 19.9. The summed E-state index contributed by atoms with van der Waals surface area (Å²) in [7, 11) is 0. The second-order valence-corrected chi connectivity index (χ2v) is 18.5. The molecule has 48 heavy (non-hydrogen) atoms. The van der Waals surface area contributed by atoms with E-state index in [4.69, 9.17) is 19.5 Å². The minimum atomic E-state index is -0.723. The summed E-state index contributed by atoms with van der Waals surface area (Å²) in [5.41, 5.74) is -0.904. The quantitative estimate of drug-likeness (QED) is 0.135. The Morgan fingerprint density at radius 1 is 0.604 bits per heavy atom. The molecule has 0 aromatic carbocycles. The molecule has 4 rings (SSSR count). The van der Waals surface area contributed by atoms with Crippen LogP contribution in [0.4, 0.5) is 0 Å². The van der Waals surface area contributed by atoms with E-state index in [0.29, 0.717) is 0 Å². The van der Waals surface area contributed by atoms with E-state index in [9.17, 15) is 9.59 Å². The lowest BCUT2D eigenvalue weighted by Gasteiger charge is -2.56. The van der Waals surface area contributed by atoms with E-state index >= 15 is 0 Å². The second kappa shape index (κ2) is 16.9. The number of carbonyl (C=O) groups is 2. The van der Waals surface area contributed by atoms with Crippen LogP contribution in [0.5, 0.6) is 0 Å². The van der Waals surface area contributed by atoms with Crippen LogP contribution in [0.2, 0.25) is 0 Å². The molecule has 1 unspecified atom stereocenters. The predicted molar refractivity (Wildman–Crippen MR) is 191 cm³/mol. The van der Waals surface area contributed by atoms with Gasteiger partial charge in [0, 0.05) is 41.4 Å². The zero-order chi connectivity index (χ0) is 35.2. The van der Waals surface area contributed by atoms with Crippen molar-refractivity contribution in [3.63, 3.8) is 0 Å². The molecule has 0 amide bonds. The first kappa shape index (κ1) is 39.6. The lowest BCUT2D eigenvalue weighted by Crippen LogP contribution is -2.63. The molecule has 4 aliphatic rings. The highest BCUT2D eigenvalue weighted by Crippen LogP contribution is 2.47. The number of nitrogens with zero attached hydrogens (tertiary/aromatic N) is 2. The Labute approximate surface area is 293 Å². The summed E-state index contributed by atoms with van der Waals surface area (Å²) in [4.78, 5) is 38.9. The molecule has 2 saturated heterocycles. The molecule has 0 radical (unpaired) electrons. The summed E-state index contributed by atoms with van der Waals surface area (Å²) in [6.07, 6.45) is 21.5. The van der Waals surface area contributed by atoms with Gasteiger partial charge in [-0.2, -0.15) is 10.1 Å². The van der Waals surface area contributed by atoms with Crippen molar-refractivity contribution in [2.45, 2.75) is 231 Å². The molecule has 2 aliphatic heterocycles. The topological polar surface area (TPSA) is 88.5 Å². The van der Waals surface area contributed by atoms with E-state index in [-0.39, 0.29) is 64.7 Å². The molecular weight excluding hydrogens is 604 g/mol. The maximum atomic E-state index is 14.4. The molecule has 278 valence electrons. The van der Waals surface area contributed by atoms with E-state index in [1.165, 1.54) is 38.5 Å². The fraction of sp³-hybridized carbons (Fsp3) is 0.950. The molecule has 0 aromatic heterocycles. The summed E-state index contributed by atoms with van der Waals surface area (Å²) >= 11 is 0. The number of esters is 1. The van der Waals surface area contributed by atoms with Crippen molar-refractivity contribution in [2.24, 2.45) is 11.8 Å². The zero-order valence-corrected chi connectivity index (χ0v) is 32.1. The third-order valence-electron chi connectivity index (χ3n) is 11.9. The van der Waals surface area contributed by atoms with Gasteiger partial charge >= 0.3 is 11.9 Å². The van der Waals surface area contributed by atoms with Crippen LogP contribution in [-0.4, -0.2) is 67.6 Å². The number of carboxylic acids is 1. The lowest BCUT2D eigenvalue weighted by molar-refractivity contribution is -0.319. The number of aliphatic carboxylic acids is 1. The van der Waals surface area contributed by atoms with Crippen molar-refractivity contribution in [1.82, 2.24) is 10.1 Å². The molecule has 1 N–H and O–H groups in total. The van der Waals surface area contributed by atoms with Gasteiger partial charge in [0.1, 0.15) is 6.10 Å². The Morgan fingerprint density at radius 3 is 1.48 bits per heavy atom. The molecule has 2 aliphatic carbocycles. The van der Waals surface area contributed by atoms with Crippen molar-refractivity contribution in [3.8, 4) is 0 Å². The average molecular weight is 677 g/mol. The monoisotopic (exact) mass is 677 g/mol. The Morgan fingerprint density at radius 2 is 1.02 bits per heavy atom. The van der Waals surface area contributed by atoms with E-state index < -0.39 is 5.97 Å². The highest BCUT2D eigenvalue weighted by molar-refractivity contribution is 5.73. The molecular formula is C40H72N2O6. The molecule has 0 aromatic rings. The highest BCUT2D eigenvalue weighted by atomic mass is 16.7. The van der Waals surface area contributed by atoms with Crippen molar-refractivity contribution in [1.29, 1.82) is 0 Å². The van der Waals surface area contributed by atoms with E-state index in [0.717, 1.165) is 89.9 Å². The summed E-state index contributed by atoms with van der Waals surface area (Å²) in [6.45, 7) is 18.1. The molecule has 0 spiro atoms. The number of hydrogen-bond acceptors (Lipinski definition) is 7. The van der Waals surface area contributed by atoms with Gasteiger partial charge in [-0.05, 0) is 113 Å². The van der Waals surface area contributed by atoms with E-state index in [1.807, 2.05) is 0 Å². The minimum Gasteiger partial charge on any atom is -0.481 e. The van der Waals surface area contributed by atoms with Crippen LogP contribution in [0, 0.1) is 11.8 Å². The molecule has 2 heterocycles. The van der Waals surface area contributed by atoms with Crippen LogP contribution >= 0.6 is 0 Å². The summed E-state index contributed by atoms with van der Waals surface area (Å²) in [5.74, 6) is -0.712. The fourth-order valence-electron chi connectivity index (χ4n) is 10.1. The number of piperidine rings is 2. The van der Waals surface area contributed by atoms with Crippen LogP contribution in [-0.2, 0) is 24.0 Å². The van der Waals surface area contributed by atoms with E-state index in [1.54, 1.807) is 0 Å². The smallest absolute Gasteiger partial charge is 0.309 e. The Bertz CT molecular complexity index is 993. The van der Waals surface area contributed by atoms with Crippen LogP contribution in [0.1, 0.15) is 190 Å². The maximum absolute atomic E-state index is 14.4. The maximum Gasteiger partial charge on any atom is 0.309 e. The van der Waals surface area contributed by atoms with Crippen LogP contribution < -0.4 is 0 Å². The number of rotatable bonds is 15. The SMILES string of the molecule is CC1(C)CC(OC(=O)C(CCCCCCCC(=O)O)C2CC(C)(C)N(OC3CCCCC3)C(C)(C)C2)CC(C)(C)N1OC1CCCCC1. The lowest BCUT2D eigenvalue weighted by atomic mass is 9.69. The Balaban J connectivity index is 1.45. The Hall–Kier alpha value is -1.22. The first-order valence-electron chi connectivity index (χ1n) is 19.9. The fourth-order valence-corrected chi connectivity index (χ4v) is 10.1. The average Bonchev–Trinajstić information content (AvgIpc) is 2.98. The van der Waals surface area contributed by atoms with Gasteiger partial charge in [0.05, 0.1) is 18.1 Å². The summed E-state index contributed by atoms with van der Waals surface area (Å²) < 4.78 is 6.59. The van der Waals surface area contributed by atoms with Crippen LogP contribution in [0.15, 0.2) is 0 Å². The van der Waals surface area contributed by atoms with E-state index in [2.05, 4.69) is 65.5 Å². The summed E-state index contributed by atoms with van der Waals surface area (Å²) in [6, 6.07) is 0. The van der Waals surface area contributed by atoms with Crippen LogP contribution in [0.3, 0.4) is 0 Å². The van der Waals surface area contributed by atoms with Gasteiger partial charge in [-0.1, -0.05) is 64.2 Å². The molecule has 8 nitrogen and oxygen atoms in total. The summed E-state index contributed by atoms with van der Waals surface area (Å²) in [5, 5.41) is 13.5. The second-order valence-electron chi connectivity index (χ2n) is 18.5. The third-order valence-corrected chi connectivity index (χ3v) is 11.9. The third kappa shape index (κ3) is 10.9. The number of hydroxylamine groups is 4. The zero-order valence-electron chi connectivity index (χ0n) is 32.1. The van der Waals surface area contributed by atoms with Gasteiger partial charge in [0.2, 0.25) is 0 Å². The number of ether oxygens (including phenoxy) is 1. The Kier molecular flexibility index (Phi) is 13.9. The minimum absolute atomic E-state index is 0.0302. The van der Waals surface area contributed by atoms with Gasteiger partial charge in [-0.3, -0.25) is 19.3 Å². The van der Waals surface area contributed by atoms with Gasteiger partial charge in [0.25, 0.3) is 0 Å². The van der Waals surface area contributed by atoms with Crippen molar-refractivity contribution < 1.29 is 29.1 Å². The number of carboxylic acid groups (broad SMARTS) is 1. The van der Waals surface area contributed by atoms with Gasteiger partial charge in [-0.15, -0.1) is 0 Å². The van der Waals surface area contributed by atoms with Gasteiger partial charge in [0.15, 0.2) is 0 Å². The predicted octanol–water partition coefficient (Wildman–Crippen LogP) is 9.78. The van der Waals surface area contributed by atoms with Crippen molar-refractivity contribution in [2.75, 3.05) is 0 Å². The van der Waals surface area contributed by atoms with Gasteiger partial charge in [-0.25, -0.2) is 0 Å². The van der Waals surface area contributed by atoms with Crippen molar-refractivity contribution in [3.05, 3.63) is 0 Å². The molecule has 2 saturated carbocycles. The van der Waals surface area contributed by atoms with Crippen LogP contribution in [0.25, 0.3) is 0 Å². The number of unbranched alkanes of at least 4 members (excludes halogenated alkanes) is 4. The molecule has 1 atom stereocenters. The van der Waals surface area contributed by atoms with Gasteiger partial charge < -0.3 is 9.84 Å². The van der Waals surface area contributed by atoms with Crippen molar-refractivity contribution >= 4 is 11.9 Å². The largest absolute Gasteiger partial charge is 0.481 e. The standard InChI is InChI=1S/C40H72N2O6/c1-37(2)26-30(27-38(3,4)41(37)47-31-20-14-12-15-21-31)34(24-18-10-9-11-19-25-35(43)44)36(45)46-33-28-39(5,6)42(40(7,8)29-33)48-32-22-16-13-17-23-32/h30-34H,9-29H2,1-8H3,(H,43,44). The number of carbonyl (C=O) groups excluding carboxylic acids is 1. The normalized spacial score (nSPS) is 26.7. The molecule has 4 fully saturated rings. The first-order chi connectivity index (χ1) is 22.5. The molecule has 8 heteroatoms. The number of hydrogen-bond donors (Lipinski definition) is 1. The molecule has 0 bridgehead atoms. The highest BCUT2D eigenvalue weighted by Gasteiger charge is 2.52.